The number of sulfonamides is 1. The van der Waals surface area contributed by atoms with Gasteiger partial charge in [0.2, 0.25) is 10.0 Å². The van der Waals surface area contributed by atoms with E-state index in [1.54, 1.807) is 17.5 Å². The highest BCUT2D eigenvalue weighted by Gasteiger charge is 2.32. The summed E-state index contributed by atoms with van der Waals surface area (Å²) in [5, 5.41) is 0.988. The minimum absolute atomic E-state index is 0.0393. The highest BCUT2D eigenvalue weighted by Crippen LogP contribution is 2.32. The number of thiophene rings is 1. The number of halogens is 2. The maximum absolute atomic E-state index is 13.3. The van der Waals surface area contributed by atoms with Gasteiger partial charge in [-0.25, -0.2) is 25.9 Å². The van der Waals surface area contributed by atoms with E-state index in [0.29, 0.717) is 9.90 Å². The summed E-state index contributed by atoms with van der Waals surface area (Å²) >= 11 is 7.06. The number of hydrogen-bond acceptors (Lipinski definition) is 5. The Morgan fingerprint density at radius 3 is 2.34 bits per heavy atom. The van der Waals surface area contributed by atoms with Gasteiger partial charge in [0.15, 0.2) is 9.84 Å². The average molecular weight is 474 g/mol. The topological polar surface area (TPSA) is 80.3 Å². The first kappa shape index (κ1) is 21.9. The summed E-state index contributed by atoms with van der Waals surface area (Å²) in [6.45, 7) is 1.10. The number of nitrogens with one attached hydrogen (secondary N) is 1. The van der Waals surface area contributed by atoms with E-state index in [9.17, 15) is 21.2 Å². The predicted octanol–water partition coefficient (Wildman–Crippen LogP) is 4.34. The molecule has 1 heterocycles. The molecule has 0 bridgehead atoms. The summed E-state index contributed by atoms with van der Waals surface area (Å²) in [4.78, 5) is 0.434. The zero-order valence-corrected chi connectivity index (χ0v) is 18.4. The van der Waals surface area contributed by atoms with E-state index in [1.807, 2.05) is 0 Å². The van der Waals surface area contributed by atoms with Gasteiger partial charge in [-0.1, -0.05) is 17.7 Å². The summed E-state index contributed by atoms with van der Waals surface area (Å²) in [5.41, 5.74) is 0.228. The molecule has 154 valence electrons. The predicted molar refractivity (Wildman–Crippen MR) is 112 cm³/mol. The van der Waals surface area contributed by atoms with Crippen molar-refractivity contribution in [1.82, 2.24) is 4.72 Å². The quantitative estimate of drug-likeness (QED) is 0.553. The number of rotatable bonds is 7. The molecule has 1 atom stereocenters. The van der Waals surface area contributed by atoms with Crippen LogP contribution < -0.4 is 4.72 Å². The molecule has 0 aliphatic rings. The zero-order valence-electron chi connectivity index (χ0n) is 15.2. The molecule has 5 nitrogen and oxygen atoms in total. The van der Waals surface area contributed by atoms with Crippen LogP contribution in [-0.2, 0) is 19.9 Å². The number of hydrogen-bond donors (Lipinski definition) is 1. The van der Waals surface area contributed by atoms with Crippen LogP contribution in [-0.4, -0.2) is 23.4 Å². The number of benzene rings is 2. The van der Waals surface area contributed by atoms with Crippen molar-refractivity contribution in [3.05, 3.63) is 81.3 Å². The smallest absolute Gasteiger partial charge is 0.223 e. The lowest BCUT2D eigenvalue weighted by molar-refractivity contribution is 0.569. The van der Waals surface area contributed by atoms with Crippen molar-refractivity contribution in [2.45, 2.75) is 22.0 Å². The molecule has 0 aliphatic heterocycles. The van der Waals surface area contributed by atoms with E-state index in [-0.39, 0.29) is 21.9 Å². The van der Waals surface area contributed by atoms with E-state index >= 15 is 0 Å². The minimum atomic E-state index is -4.04. The number of sulfone groups is 1. The standard InChI is InChI=1S/C19H17ClFNO4S3/c1-13-11-15(21)6-9-18(13)29(25,26)22-12-19(17-3-2-10-27-17)28(23,24)16-7-4-14(20)5-8-16/h2-11,19,22H,12H2,1H3/t19-/m1/s1. The second-order valence-corrected chi connectivity index (χ2v) is 11.5. The molecule has 0 saturated carbocycles. The van der Waals surface area contributed by atoms with Gasteiger partial charge in [-0.3, -0.25) is 0 Å². The molecular formula is C19H17ClFNO4S3. The van der Waals surface area contributed by atoms with Gasteiger partial charge in [-0.05, 0) is 66.4 Å². The fourth-order valence-electron chi connectivity index (χ4n) is 2.80. The van der Waals surface area contributed by atoms with E-state index in [0.717, 1.165) is 18.2 Å². The molecule has 2 aromatic carbocycles. The maximum atomic E-state index is 13.3. The molecule has 0 fully saturated rings. The molecule has 3 rings (SSSR count). The molecule has 0 radical (unpaired) electrons. The van der Waals surface area contributed by atoms with E-state index in [1.165, 1.54) is 42.5 Å². The highest BCUT2D eigenvalue weighted by atomic mass is 35.5. The average Bonchev–Trinajstić information content (AvgIpc) is 3.15. The third-order valence-corrected chi connectivity index (χ3v) is 9.33. The maximum Gasteiger partial charge on any atom is 0.240 e. The minimum Gasteiger partial charge on any atom is -0.223 e. The number of aryl methyl sites for hydroxylation is 1. The zero-order chi connectivity index (χ0) is 21.2. The summed E-state index contributed by atoms with van der Waals surface area (Å²) in [6.07, 6.45) is 0. The molecular weight excluding hydrogens is 457 g/mol. The highest BCUT2D eigenvalue weighted by molar-refractivity contribution is 7.92. The van der Waals surface area contributed by atoms with Gasteiger partial charge in [0.25, 0.3) is 0 Å². The summed E-state index contributed by atoms with van der Waals surface area (Å²) in [7, 11) is -7.94. The van der Waals surface area contributed by atoms with Crippen molar-refractivity contribution in [3.63, 3.8) is 0 Å². The van der Waals surface area contributed by atoms with Crippen LogP contribution in [0.4, 0.5) is 4.39 Å². The largest absolute Gasteiger partial charge is 0.240 e. The van der Waals surface area contributed by atoms with Crippen molar-refractivity contribution in [3.8, 4) is 0 Å². The van der Waals surface area contributed by atoms with Crippen molar-refractivity contribution < 1.29 is 21.2 Å². The van der Waals surface area contributed by atoms with Gasteiger partial charge < -0.3 is 0 Å². The molecule has 1 aromatic heterocycles. The van der Waals surface area contributed by atoms with Gasteiger partial charge >= 0.3 is 0 Å². The second kappa shape index (κ2) is 8.53. The Labute approximate surface area is 178 Å². The van der Waals surface area contributed by atoms with Gasteiger partial charge in [0.1, 0.15) is 11.1 Å². The summed E-state index contributed by atoms with van der Waals surface area (Å²) < 4.78 is 67.4. The van der Waals surface area contributed by atoms with Crippen LogP contribution in [0.15, 0.2) is 69.8 Å². The Bertz CT molecular complexity index is 1210. The fourth-order valence-corrected chi connectivity index (χ4v) is 7.09. The molecule has 10 heteroatoms. The van der Waals surface area contributed by atoms with Crippen LogP contribution in [0.1, 0.15) is 15.7 Å². The Morgan fingerprint density at radius 2 is 1.76 bits per heavy atom. The molecule has 0 spiro atoms. The van der Waals surface area contributed by atoms with E-state index in [2.05, 4.69) is 4.72 Å². The van der Waals surface area contributed by atoms with Crippen LogP contribution in [0.2, 0.25) is 5.02 Å². The lowest BCUT2D eigenvalue weighted by atomic mass is 10.2. The van der Waals surface area contributed by atoms with Crippen LogP contribution in [0.25, 0.3) is 0 Å². The van der Waals surface area contributed by atoms with Crippen LogP contribution in [0.5, 0.6) is 0 Å². The van der Waals surface area contributed by atoms with Crippen LogP contribution in [0, 0.1) is 12.7 Å². The van der Waals surface area contributed by atoms with Gasteiger partial charge in [-0.15, -0.1) is 11.3 Å². The van der Waals surface area contributed by atoms with E-state index in [4.69, 9.17) is 11.6 Å². The van der Waals surface area contributed by atoms with Crippen molar-refractivity contribution >= 4 is 42.8 Å². The van der Waals surface area contributed by atoms with Crippen molar-refractivity contribution in [2.75, 3.05) is 6.54 Å². The third-order valence-electron chi connectivity index (χ3n) is 4.26. The Kier molecular flexibility index (Phi) is 6.45. The molecule has 1 N–H and O–H groups in total. The summed E-state index contributed by atoms with van der Waals surface area (Å²) in [6, 6.07) is 12.3. The first-order valence-corrected chi connectivity index (χ1v) is 12.7. The van der Waals surface area contributed by atoms with Gasteiger partial charge in [0.05, 0.1) is 9.79 Å². The van der Waals surface area contributed by atoms with Crippen LogP contribution in [0.3, 0.4) is 0 Å². The molecule has 0 amide bonds. The molecule has 0 unspecified atom stereocenters. The lowest BCUT2D eigenvalue weighted by Gasteiger charge is -2.18. The molecule has 3 aromatic rings. The monoisotopic (exact) mass is 473 g/mol. The summed E-state index contributed by atoms with van der Waals surface area (Å²) in [5.74, 6) is -0.553. The first-order chi connectivity index (χ1) is 13.6. The van der Waals surface area contributed by atoms with E-state index < -0.39 is 30.9 Å². The Balaban J connectivity index is 1.94. The van der Waals surface area contributed by atoms with Crippen LogP contribution >= 0.6 is 22.9 Å². The SMILES string of the molecule is Cc1cc(F)ccc1S(=O)(=O)NC[C@H](c1cccs1)S(=O)(=O)c1ccc(Cl)cc1. The van der Waals surface area contributed by atoms with Gasteiger partial charge in [-0.2, -0.15) is 0 Å². The molecule has 0 saturated heterocycles. The Hall–Kier alpha value is -1.78. The second-order valence-electron chi connectivity index (χ2n) is 6.26. The fraction of sp³-hybridized carbons (Fsp3) is 0.158. The molecule has 0 aliphatic carbocycles. The lowest BCUT2D eigenvalue weighted by Crippen LogP contribution is -2.32. The van der Waals surface area contributed by atoms with Crippen molar-refractivity contribution in [1.29, 1.82) is 0 Å². The third kappa shape index (κ3) is 4.87. The molecule has 29 heavy (non-hydrogen) atoms. The Morgan fingerprint density at radius 1 is 1.07 bits per heavy atom. The van der Waals surface area contributed by atoms with Gasteiger partial charge in [0, 0.05) is 16.4 Å². The van der Waals surface area contributed by atoms with Crippen molar-refractivity contribution in [2.24, 2.45) is 0 Å². The first-order valence-electron chi connectivity index (χ1n) is 8.40. The normalized spacial score (nSPS) is 13.3.